The molecule has 1 aliphatic rings. The average Bonchev–Trinajstić information content (AvgIpc) is 3.34. The Labute approximate surface area is 229 Å². The van der Waals surface area contributed by atoms with E-state index >= 15 is 0 Å². The number of hydrogen-bond acceptors (Lipinski definition) is 5. The van der Waals surface area contributed by atoms with Gasteiger partial charge in [0.25, 0.3) is 0 Å². The van der Waals surface area contributed by atoms with E-state index in [0.717, 1.165) is 12.6 Å². The number of carboxylic acid groups (broad SMARTS) is 1. The monoisotopic (exact) mass is 559 g/mol. The number of pyridine rings is 1. The van der Waals surface area contributed by atoms with Gasteiger partial charge in [-0.15, -0.1) is 0 Å². The minimum Gasteiger partial charge on any atom is -0.493 e. The van der Waals surface area contributed by atoms with E-state index in [9.17, 15) is 32.3 Å². The molecular weight excluding hydrogens is 530 g/mol. The number of aliphatic carboxylic acids is 1. The molecule has 1 aliphatic heterocycles. The summed E-state index contributed by atoms with van der Waals surface area (Å²) in [6.07, 6.45) is -3.32. The fraction of sp³-hybridized carbons (Fsp3) is 0.345. The molecule has 7 nitrogen and oxygen atoms in total. The molecule has 2 heterocycles. The number of fused-ring (bicyclic) bond motifs is 1. The first kappa shape index (κ1) is 28.8. The topological polar surface area (TPSA) is 83.0 Å². The molecule has 2 atom stereocenters. The standard InChI is InChI=1S/C29H29F4N3O4/c1-4-12-35(26-11-8-20(30)14-34-26)24-7-5-6-19(17(24)2)15-36(28(39)29(31,32)33)21-9-10-22-23(18(3)27(37)38)16-40-25(22)13-21/h5-11,13-14,18,23H,4,12,15-16H2,1-3H3,(H,37,38)/t18?,23-/m0/s1. The highest BCUT2D eigenvalue weighted by Crippen LogP contribution is 2.41. The van der Waals surface area contributed by atoms with Gasteiger partial charge >= 0.3 is 18.1 Å². The number of carbonyl (C=O) groups is 2. The van der Waals surface area contributed by atoms with E-state index in [0.29, 0.717) is 39.6 Å². The van der Waals surface area contributed by atoms with Gasteiger partial charge in [0.1, 0.15) is 17.4 Å². The van der Waals surface area contributed by atoms with Crippen LogP contribution in [0.25, 0.3) is 0 Å². The quantitative estimate of drug-likeness (QED) is 0.307. The highest BCUT2D eigenvalue weighted by Gasteiger charge is 2.44. The number of hydrogen-bond donors (Lipinski definition) is 1. The van der Waals surface area contributed by atoms with E-state index in [2.05, 4.69) is 4.98 Å². The third-order valence-electron chi connectivity index (χ3n) is 7.08. The van der Waals surface area contributed by atoms with Gasteiger partial charge in [0.2, 0.25) is 0 Å². The molecule has 0 saturated carbocycles. The predicted molar refractivity (Wildman–Crippen MR) is 141 cm³/mol. The molecule has 212 valence electrons. The first-order valence-corrected chi connectivity index (χ1v) is 12.8. The van der Waals surface area contributed by atoms with Crippen molar-refractivity contribution in [1.82, 2.24) is 4.98 Å². The van der Waals surface area contributed by atoms with Crippen molar-refractivity contribution in [2.45, 2.75) is 45.8 Å². The molecule has 0 spiro atoms. The van der Waals surface area contributed by atoms with Crippen LogP contribution in [0.15, 0.2) is 54.7 Å². The lowest BCUT2D eigenvalue weighted by Gasteiger charge is -2.29. The van der Waals surface area contributed by atoms with Gasteiger partial charge in [-0.25, -0.2) is 9.37 Å². The molecule has 0 radical (unpaired) electrons. The molecule has 2 aromatic carbocycles. The van der Waals surface area contributed by atoms with Crippen LogP contribution >= 0.6 is 0 Å². The fourth-order valence-corrected chi connectivity index (χ4v) is 4.82. The smallest absolute Gasteiger partial charge is 0.471 e. The van der Waals surface area contributed by atoms with Crippen molar-refractivity contribution in [3.8, 4) is 5.75 Å². The summed E-state index contributed by atoms with van der Waals surface area (Å²) in [7, 11) is 0. The lowest BCUT2D eigenvalue weighted by Crippen LogP contribution is -2.41. The zero-order valence-electron chi connectivity index (χ0n) is 22.2. The number of aromatic nitrogens is 1. The van der Waals surface area contributed by atoms with Crippen molar-refractivity contribution >= 4 is 29.1 Å². The molecular formula is C29H29F4N3O4. The van der Waals surface area contributed by atoms with Crippen molar-refractivity contribution < 1.29 is 37.0 Å². The lowest BCUT2D eigenvalue weighted by molar-refractivity contribution is -0.170. The Balaban J connectivity index is 1.72. The van der Waals surface area contributed by atoms with E-state index in [1.165, 1.54) is 37.3 Å². The van der Waals surface area contributed by atoms with Gasteiger partial charge in [-0.2, -0.15) is 13.2 Å². The van der Waals surface area contributed by atoms with Crippen LogP contribution in [0, 0.1) is 18.7 Å². The summed E-state index contributed by atoms with van der Waals surface area (Å²) in [5.41, 5.74) is 2.31. The number of halogens is 4. The largest absolute Gasteiger partial charge is 0.493 e. The van der Waals surface area contributed by atoms with Gasteiger partial charge in [0, 0.05) is 35.5 Å². The van der Waals surface area contributed by atoms with Gasteiger partial charge in [-0.3, -0.25) is 9.59 Å². The van der Waals surface area contributed by atoms with Crippen molar-refractivity contribution in [1.29, 1.82) is 0 Å². The zero-order valence-corrected chi connectivity index (χ0v) is 22.2. The molecule has 11 heteroatoms. The number of benzene rings is 2. The maximum Gasteiger partial charge on any atom is 0.471 e. The van der Waals surface area contributed by atoms with Gasteiger partial charge in [0.05, 0.1) is 25.3 Å². The number of amides is 1. The van der Waals surface area contributed by atoms with Crippen LogP contribution in [-0.4, -0.2) is 41.3 Å². The minimum absolute atomic E-state index is 0.0277. The summed E-state index contributed by atoms with van der Waals surface area (Å²) in [6, 6.07) is 12.2. The number of carbonyl (C=O) groups excluding carboxylic acids is 1. The molecule has 0 aliphatic carbocycles. The van der Waals surface area contributed by atoms with Crippen LogP contribution in [0.2, 0.25) is 0 Å². The van der Waals surface area contributed by atoms with Crippen molar-refractivity contribution in [3.63, 3.8) is 0 Å². The summed E-state index contributed by atoms with van der Waals surface area (Å²) in [5, 5.41) is 9.39. The maximum absolute atomic E-state index is 13.7. The summed E-state index contributed by atoms with van der Waals surface area (Å²) in [6.45, 7) is 5.45. The number of ether oxygens (including phenoxy) is 1. The molecule has 0 fully saturated rings. The number of carboxylic acids is 1. The van der Waals surface area contributed by atoms with E-state index in [4.69, 9.17) is 4.74 Å². The molecule has 4 rings (SSSR count). The highest BCUT2D eigenvalue weighted by atomic mass is 19.4. The molecule has 0 bridgehead atoms. The molecule has 1 amide bonds. The number of nitrogens with zero attached hydrogens (tertiary/aromatic N) is 3. The molecule has 1 aromatic heterocycles. The van der Waals surface area contributed by atoms with Crippen molar-refractivity contribution in [2.75, 3.05) is 23.0 Å². The van der Waals surface area contributed by atoms with Crippen LogP contribution < -0.4 is 14.5 Å². The Bertz CT molecular complexity index is 1400. The molecule has 1 N–H and O–H groups in total. The van der Waals surface area contributed by atoms with Gasteiger partial charge in [-0.1, -0.05) is 32.0 Å². The fourth-order valence-electron chi connectivity index (χ4n) is 4.82. The van der Waals surface area contributed by atoms with Crippen molar-refractivity contribution in [2.24, 2.45) is 5.92 Å². The second-order valence-electron chi connectivity index (χ2n) is 9.70. The highest BCUT2D eigenvalue weighted by molar-refractivity contribution is 5.97. The Kier molecular flexibility index (Phi) is 8.32. The third-order valence-corrected chi connectivity index (χ3v) is 7.08. The molecule has 1 unspecified atom stereocenters. The Morgan fingerprint density at radius 1 is 1.18 bits per heavy atom. The lowest BCUT2D eigenvalue weighted by atomic mass is 9.89. The minimum atomic E-state index is -5.14. The normalized spacial score (nSPS) is 15.2. The Hall–Kier alpha value is -4.15. The zero-order chi connectivity index (χ0) is 29.2. The molecule has 3 aromatic rings. The Morgan fingerprint density at radius 3 is 2.55 bits per heavy atom. The van der Waals surface area contributed by atoms with E-state index in [1.54, 1.807) is 25.1 Å². The first-order chi connectivity index (χ1) is 18.9. The third kappa shape index (κ3) is 5.88. The van der Waals surface area contributed by atoms with Gasteiger partial charge in [-0.05, 0) is 48.7 Å². The SMILES string of the molecule is CCCN(c1ccc(F)cn1)c1cccc(CN(C(=O)C(F)(F)F)c2ccc3c(c2)OC[C@H]3C(C)C(=O)O)c1C. The molecule has 40 heavy (non-hydrogen) atoms. The summed E-state index contributed by atoms with van der Waals surface area (Å²) < 4.78 is 60.4. The van der Waals surface area contributed by atoms with E-state index < -0.39 is 35.7 Å². The summed E-state index contributed by atoms with van der Waals surface area (Å²) in [4.78, 5) is 30.8. The van der Waals surface area contributed by atoms with Crippen LogP contribution in [0.3, 0.4) is 0 Å². The average molecular weight is 560 g/mol. The van der Waals surface area contributed by atoms with Crippen LogP contribution in [0.1, 0.15) is 42.9 Å². The second kappa shape index (κ2) is 11.5. The van der Waals surface area contributed by atoms with Crippen molar-refractivity contribution in [3.05, 3.63) is 77.2 Å². The number of alkyl halides is 3. The molecule has 0 saturated heterocycles. The second-order valence-corrected chi connectivity index (χ2v) is 9.70. The predicted octanol–water partition coefficient (Wildman–Crippen LogP) is 6.37. The van der Waals surface area contributed by atoms with E-state index in [1.807, 2.05) is 11.8 Å². The Morgan fingerprint density at radius 2 is 1.93 bits per heavy atom. The van der Waals surface area contributed by atoms with Crippen LogP contribution in [0.4, 0.5) is 34.8 Å². The van der Waals surface area contributed by atoms with Crippen LogP contribution in [0.5, 0.6) is 5.75 Å². The summed E-state index contributed by atoms with van der Waals surface area (Å²) >= 11 is 0. The number of anilines is 3. The first-order valence-electron chi connectivity index (χ1n) is 12.8. The van der Waals surface area contributed by atoms with Gasteiger partial charge in [0.15, 0.2) is 0 Å². The maximum atomic E-state index is 13.7. The van der Waals surface area contributed by atoms with E-state index in [-0.39, 0.29) is 24.6 Å². The van der Waals surface area contributed by atoms with Gasteiger partial charge < -0.3 is 19.6 Å². The van der Waals surface area contributed by atoms with Crippen LogP contribution in [-0.2, 0) is 16.1 Å². The summed E-state index contributed by atoms with van der Waals surface area (Å²) in [5.74, 6) is -4.04. The number of rotatable bonds is 9.